The van der Waals surface area contributed by atoms with Crippen LogP contribution in [0, 0.1) is 6.92 Å². The quantitative estimate of drug-likeness (QED) is 0.315. The first-order valence-electron chi connectivity index (χ1n) is 9.43. The summed E-state index contributed by atoms with van der Waals surface area (Å²) in [6.45, 7) is 1.96. The highest BCUT2D eigenvalue weighted by Gasteiger charge is 2.54. The van der Waals surface area contributed by atoms with Gasteiger partial charge < -0.3 is 16.2 Å². The van der Waals surface area contributed by atoms with Crippen LogP contribution in [0.15, 0.2) is 46.1 Å². The Bertz CT molecular complexity index is 1080. The summed E-state index contributed by atoms with van der Waals surface area (Å²) < 4.78 is 0.863. The lowest BCUT2D eigenvalue weighted by Gasteiger charge is -2.49. The summed E-state index contributed by atoms with van der Waals surface area (Å²) in [4.78, 5) is 43.8. The second-order valence-electron chi connectivity index (χ2n) is 7.11. The van der Waals surface area contributed by atoms with Crippen LogP contribution in [0.2, 0.25) is 0 Å². The van der Waals surface area contributed by atoms with E-state index in [1.165, 1.54) is 28.4 Å². The maximum absolute atomic E-state index is 12.7. The van der Waals surface area contributed by atoms with Crippen molar-refractivity contribution in [1.29, 1.82) is 0 Å². The zero-order valence-electron chi connectivity index (χ0n) is 16.5. The van der Waals surface area contributed by atoms with E-state index in [0.717, 1.165) is 9.22 Å². The standard InChI is InChI=1S/C20H20N4O4S3/c1-10-7-22-20(31-10)30-9-12-8-29-18-15(17(26)24(18)16(12)19(27)28)23-14(25)6-11-4-2-3-5-13(11)21/h2-5,7,15,18H,6,8-9,21H2,1H3,(H,23,25)(H,27,28)/t15?,18-/m1/s1. The van der Waals surface area contributed by atoms with Gasteiger partial charge in [-0.2, -0.15) is 0 Å². The summed E-state index contributed by atoms with van der Waals surface area (Å²) in [6.07, 6.45) is 1.84. The summed E-state index contributed by atoms with van der Waals surface area (Å²) in [5.74, 6) is -0.936. The van der Waals surface area contributed by atoms with Crippen molar-refractivity contribution in [2.24, 2.45) is 0 Å². The fourth-order valence-corrected chi connectivity index (χ4v) is 6.87. The smallest absolute Gasteiger partial charge is 0.352 e. The molecule has 0 radical (unpaired) electrons. The Hall–Kier alpha value is -2.50. The molecule has 2 amide bonds. The molecule has 1 saturated heterocycles. The van der Waals surface area contributed by atoms with Crippen LogP contribution in [0.4, 0.5) is 5.69 Å². The monoisotopic (exact) mass is 476 g/mol. The molecule has 1 aromatic heterocycles. The highest BCUT2D eigenvalue weighted by atomic mass is 32.2. The minimum absolute atomic E-state index is 0.0207. The molecule has 1 aromatic carbocycles. The number of thiazole rings is 1. The minimum atomic E-state index is -1.13. The number of carbonyl (C=O) groups is 3. The molecule has 2 aromatic rings. The van der Waals surface area contributed by atoms with Crippen molar-refractivity contribution in [2.45, 2.75) is 29.1 Å². The van der Waals surface area contributed by atoms with Gasteiger partial charge in [-0.15, -0.1) is 23.1 Å². The first-order valence-corrected chi connectivity index (χ1v) is 12.3. The number of β-lactam (4-membered cyclic amide) rings is 1. The number of nitrogens with two attached hydrogens (primary N) is 1. The van der Waals surface area contributed by atoms with E-state index in [-0.39, 0.29) is 18.0 Å². The fraction of sp³-hybridized carbons (Fsp3) is 0.300. The Labute approximate surface area is 191 Å². The van der Waals surface area contributed by atoms with Gasteiger partial charge in [-0.05, 0) is 24.1 Å². The zero-order valence-corrected chi connectivity index (χ0v) is 19.0. The molecule has 0 saturated carbocycles. The summed E-state index contributed by atoms with van der Waals surface area (Å²) in [5.41, 5.74) is 7.78. The second kappa shape index (κ2) is 8.93. The molecule has 4 rings (SSSR count). The third kappa shape index (κ3) is 4.43. The van der Waals surface area contributed by atoms with Gasteiger partial charge in [0.1, 0.15) is 21.5 Å². The predicted octanol–water partition coefficient (Wildman–Crippen LogP) is 2.11. The van der Waals surface area contributed by atoms with E-state index in [2.05, 4.69) is 10.3 Å². The number of fused-ring (bicyclic) bond motifs is 1. The van der Waals surface area contributed by atoms with Crippen LogP contribution in [0.3, 0.4) is 0 Å². The molecule has 0 aliphatic carbocycles. The molecule has 0 spiro atoms. The van der Waals surface area contributed by atoms with E-state index in [9.17, 15) is 19.5 Å². The minimum Gasteiger partial charge on any atom is -0.477 e. The normalized spacial score (nSPS) is 20.3. The number of para-hydroxylation sites is 1. The first kappa shape index (κ1) is 21.7. The van der Waals surface area contributed by atoms with Crippen LogP contribution in [0.25, 0.3) is 0 Å². The van der Waals surface area contributed by atoms with Gasteiger partial charge in [0.05, 0.1) is 6.42 Å². The predicted molar refractivity (Wildman–Crippen MR) is 122 cm³/mol. The number of hydrogen-bond acceptors (Lipinski definition) is 8. The van der Waals surface area contributed by atoms with Gasteiger partial charge in [0.15, 0.2) is 0 Å². The summed E-state index contributed by atoms with van der Waals surface area (Å²) in [7, 11) is 0. The van der Waals surface area contributed by atoms with E-state index < -0.39 is 23.3 Å². The summed E-state index contributed by atoms with van der Waals surface area (Å²) in [6, 6.07) is 6.31. The van der Waals surface area contributed by atoms with Crippen molar-refractivity contribution in [3.8, 4) is 0 Å². The molecule has 8 nitrogen and oxygen atoms in total. The molecular formula is C20H20N4O4S3. The van der Waals surface area contributed by atoms with Crippen molar-refractivity contribution >= 4 is 58.3 Å². The first-order chi connectivity index (χ1) is 14.8. The lowest BCUT2D eigenvalue weighted by molar-refractivity contribution is -0.150. The van der Waals surface area contributed by atoms with Crippen LogP contribution >= 0.6 is 34.9 Å². The van der Waals surface area contributed by atoms with Gasteiger partial charge >= 0.3 is 5.97 Å². The third-order valence-electron chi connectivity index (χ3n) is 4.94. The molecule has 1 unspecified atom stereocenters. The third-order valence-corrected chi connectivity index (χ3v) is 8.44. The Morgan fingerprint density at radius 2 is 2.16 bits per heavy atom. The molecule has 31 heavy (non-hydrogen) atoms. The van der Waals surface area contributed by atoms with Crippen molar-refractivity contribution in [3.05, 3.63) is 52.2 Å². The number of amides is 2. The van der Waals surface area contributed by atoms with E-state index in [0.29, 0.717) is 28.3 Å². The maximum Gasteiger partial charge on any atom is 0.352 e. The number of thioether (sulfide) groups is 2. The average Bonchev–Trinajstić information content (AvgIpc) is 3.16. The largest absolute Gasteiger partial charge is 0.477 e. The Morgan fingerprint density at radius 1 is 1.39 bits per heavy atom. The number of rotatable bonds is 7. The Kier molecular flexibility index (Phi) is 6.26. The molecule has 2 aliphatic rings. The van der Waals surface area contributed by atoms with Gasteiger partial charge in [0.2, 0.25) is 5.91 Å². The molecule has 11 heteroatoms. The van der Waals surface area contributed by atoms with Crippen molar-refractivity contribution in [3.63, 3.8) is 0 Å². The van der Waals surface area contributed by atoms with Gasteiger partial charge in [0, 0.05) is 28.3 Å². The number of benzene rings is 1. The molecule has 162 valence electrons. The number of nitrogen functional groups attached to an aromatic ring is 1. The Balaban J connectivity index is 1.43. The molecule has 3 heterocycles. The van der Waals surface area contributed by atoms with Crippen molar-refractivity contribution in [2.75, 3.05) is 17.2 Å². The number of aliphatic carboxylic acids is 1. The average molecular weight is 477 g/mol. The number of aromatic nitrogens is 1. The van der Waals surface area contributed by atoms with Crippen molar-refractivity contribution in [1.82, 2.24) is 15.2 Å². The zero-order chi connectivity index (χ0) is 22.1. The number of nitrogens with zero attached hydrogens (tertiary/aromatic N) is 2. The maximum atomic E-state index is 12.7. The number of carbonyl (C=O) groups excluding carboxylic acids is 2. The second-order valence-corrected chi connectivity index (χ2v) is 10.7. The van der Waals surface area contributed by atoms with E-state index in [1.807, 2.05) is 6.92 Å². The lowest BCUT2D eigenvalue weighted by atomic mass is 10.0. The number of carboxylic acids is 1. The topological polar surface area (TPSA) is 126 Å². The van der Waals surface area contributed by atoms with E-state index in [1.54, 1.807) is 41.8 Å². The van der Waals surface area contributed by atoms with Gasteiger partial charge in [-0.25, -0.2) is 9.78 Å². The van der Waals surface area contributed by atoms with Crippen LogP contribution in [-0.2, 0) is 20.8 Å². The van der Waals surface area contributed by atoms with E-state index >= 15 is 0 Å². The SMILES string of the molecule is Cc1cnc(SCC2=C(C(=O)O)N3C(=O)C(NC(=O)Cc4ccccc4N)[C@H]3SC2)s1. The van der Waals surface area contributed by atoms with Gasteiger partial charge in [-0.1, -0.05) is 30.0 Å². The van der Waals surface area contributed by atoms with Gasteiger partial charge in [0.25, 0.3) is 5.91 Å². The molecular weight excluding hydrogens is 456 g/mol. The number of nitrogens with one attached hydrogen (secondary N) is 1. The highest BCUT2D eigenvalue weighted by Crippen LogP contribution is 2.41. The summed E-state index contributed by atoms with van der Waals surface area (Å²) in [5, 5.41) is 12.1. The van der Waals surface area contributed by atoms with Gasteiger partial charge in [-0.3, -0.25) is 14.5 Å². The molecule has 0 bridgehead atoms. The van der Waals surface area contributed by atoms with Crippen LogP contribution in [-0.4, -0.2) is 55.7 Å². The van der Waals surface area contributed by atoms with Crippen LogP contribution < -0.4 is 11.1 Å². The number of carboxylic acid groups (broad SMARTS) is 1. The molecule has 1 fully saturated rings. The summed E-state index contributed by atoms with van der Waals surface area (Å²) >= 11 is 4.47. The number of anilines is 1. The van der Waals surface area contributed by atoms with E-state index in [4.69, 9.17) is 5.73 Å². The Morgan fingerprint density at radius 3 is 2.84 bits per heavy atom. The van der Waals surface area contributed by atoms with Crippen LogP contribution in [0.5, 0.6) is 0 Å². The van der Waals surface area contributed by atoms with Crippen molar-refractivity contribution < 1.29 is 19.5 Å². The molecule has 2 atom stereocenters. The number of aryl methyl sites for hydroxylation is 1. The lowest BCUT2D eigenvalue weighted by Crippen LogP contribution is -2.70. The number of hydrogen-bond donors (Lipinski definition) is 3. The van der Waals surface area contributed by atoms with Crippen LogP contribution in [0.1, 0.15) is 10.4 Å². The molecule has 2 aliphatic heterocycles. The fourth-order valence-electron chi connectivity index (χ4n) is 3.44. The molecule has 4 N–H and O–H groups in total. The highest BCUT2D eigenvalue weighted by molar-refractivity contribution is 8.01.